The normalized spacial score (nSPS) is 16.2. The van der Waals surface area contributed by atoms with Crippen molar-refractivity contribution in [3.05, 3.63) is 64.7 Å². The van der Waals surface area contributed by atoms with Crippen LogP contribution in [0, 0.1) is 0 Å². The number of carbonyl (C=O) groups is 1. The van der Waals surface area contributed by atoms with E-state index < -0.39 is 10.0 Å². The summed E-state index contributed by atoms with van der Waals surface area (Å²) in [6, 6.07) is 13.8. The molecule has 0 saturated carbocycles. The first-order valence-corrected chi connectivity index (χ1v) is 11.1. The standard InChI is InChI=1S/C21H25ClN2O3S/c1-21(2,3)17-6-10-19(11-7-17)28(26,27)24-14-12-23(13-15-24)20(25)16-4-8-18(22)9-5-16/h4-11H,12-15H2,1-3H3. The lowest BCUT2D eigenvalue weighted by atomic mass is 9.87. The second-order valence-corrected chi connectivity index (χ2v) is 10.4. The number of hydrogen-bond donors (Lipinski definition) is 0. The zero-order valence-corrected chi connectivity index (χ0v) is 17.9. The van der Waals surface area contributed by atoms with E-state index in [-0.39, 0.29) is 29.3 Å². The van der Waals surface area contributed by atoms with Gasteiger partial charge in [-0.05, 0) is 47.4 Å². The van der Waals surface area contributed by atoms with Crippen molar-refractivity contribution in [3.63, 3.8) is 0 Å². The van der Waals surface area contributed by atoms with Gasteiger partial charge in [0.15, 0.2) is 0 Å². The zero-order valence-electron chi connectivity index (χ0n) is 16.4. The Labute approximate surface area is 172 Å². The Bertz CT molecular complexity index is 941. The summed E-state index contributed by atoms with van der Waals surface area (Å²) in [7, 11) is -3.57. The molecule has 1 amide bonds. The first kappa shape index (κ1) is 20.8. The third kappa shape index (κ3) is 4.40. The van der Waals surface area contributed by atoms with Gasteiger partial charge >= 0.3 is 0 Å². The Morgan fingerprint density at radius 1 is 0.893 bits per heavy atom. The number of piperazine rings is 1. The van der Waals surface area contributed by atoms with Crippen molar-refractivity contribution in [2.75, 3.05) is 26.2 Å². The van der Waals surface area contributed by atoms with Gasteiger partial charge < -0.3 is 4.90 Å². The number of benzene rings is 2. The second-order valence-electron chi connectivity index (χ2n) is 7.98. The summed E-state index contributed by atoms with van der Waals surface area (Å²) >= 11 is 5.87. The first-order chi connectivity index (χ1) is 13.1. The number of nitrogens with zero attached hydrogens (tertiary/aromatic N) is 2. The Morgan fingerprint density at radius 3 is 1.93 bits per heavy atom. The van der Waals surface area contributed by atoms with Crippen molar-refractivity contribution >= 4 is 27.5 Å². The molecule has 0 N–H and O–H groups in total. The van der Waals surface area contributed by atoms with Gasteiger partial charge in [-0.3, -0.25) is 4.79 Å². The van der Waals surface area contributed by atoms with E-state index in [0.717, 1.165) is 5.56 Å². The molecule has 1 aliphatic heterocycles. The van der Waals surface area contributed by atoms with E-state index in [4.69, 9.17) is 11.6 Å². The molecular weight excluding hydrogens is 396 g/mol. The molecule has 7 heteroatoms. The number of carbonyl (C=O) groups excluding carboxylic acids is 1. The molecule has 0 unspecified atom stereocenters. The first-order valence-electron chi connectivity index (χ1n) is 9.24. The zero-order chi connectivity index (χ0) is 20.5. The summed E-state index contributed by atoms with van der Waals surface area (Å²) in [5, 5.41) is 0.574. The van der Waals surface area contributed by atoms with Gasteiger partial charge in [0, 0.05) is 36.8 Å². The molecule has 28 heavy (non-hydrogen) atoms. The molecule has 1 aliphatic rings. The maximum absolute atomic E-state index is 12.9. The predicted molar refractivity (Wildman–Crippen MR) is 111 cm³/mol. The Morgan fingerprint density at radius 2 is 1.43 bits per heavy atom. The lowest BCUT2D eigenvalue weighted by Crippen LogP contribution is -2.50. The smallest absolute Gasteiger partial charge is 0.253 e. The van der Waals surface area contributed by atoms with Crippen LogP contribution in [0.5, 0.6) is 0 Å². The molecule has 3 rings (SSSR count). The molecule has 0 aliphatic carbocycles. The van der Waals surface area contributed by atoms with Crippen molar-refractivity contribution in [1.29, 1.82) is 0 Å². The molecule has 0 aromatic heterocycles. The van der Waals surface area contributed by atoms with Crippen LogP contribution in [0.25, 0.3) is 0 Å². The highest BCUT2D eigenvalue weighted by atomic mass is 35.5. The summed E-state index contributed by atoms with van der Waals surface area (Å²) in [6.45, 7) is 7.56. The Hall–Kier alpha value is -1.89. The third-order valence-corrected chi connectivity index (χ3v) is 7.14. The third-order valence-electron chi connectivity index (χ3n) is 4.98. The van der Waals surface area contributed by atoms with Gasteiger partial charge in [-0.15, -0.1) is 0 Å². The fourth-order valence-electron chi connectivity index (χ4n) is 3.18. The van der Waals surface area contributed by atoms with Crippen LogP contribution in [0.1, 0.15) is 36.7 Å². The number of halogens is 1. The van der Waals surface area contributed by atoms with Gasteiger partial charge in [0.05, 0.1) is 4.90 Å². The predicted octanol–water partition coefficient (Wildman–Crippen LogP) is 3.78. The fraction of sp³-hybridized carbons (Fsp3) is 0.381. The second kappa shape index (κ2) is 7.85. The van der Waals surface area contributed by atoms with E-state index in [1.54, 1.807) is 41.3 Å². The van der Waals surface area contributed by atoms with E-state index in [9.17, 15) is 13.2 Å². The number of amides is 1. The molecule has 150 valence electrons. The van der Waals surface area contributed by atoms with Gasteiger partial charge in [-0.2, -0.15) is 4.31 Å². The molecule has 0 spiro atoms. The molecular formula is C21H25ClN2O3S. The summed E-state index contributed by atoms with van der Waals surface area (Å²) in [6.07, 6.45) is 0. The lowest BCUT2D eigenvalue weighted by Gasteiger charge is -2.34. The SMILES string of the molecule is CC(C)(C)c1ccc(S(=O)(=O)N2CCN(C(=O)c3ccc(Cl)cc3)CC2)cc1. The van der Waals surface area contributed by atoms with E-state index in [0.29, 0.717) is 23.7 Å². The van der Waals surface area contributed by atoms with Crippen LogP contribution in [0.3, 0.4) is 0 Å². The van der Waals surface area contributed by atoms with Crippen LogP contribution in [0.15, 0.2) is 53.4 Å². The average Bonchev–Trinajstić information content (AvgIpc) is 2.67. The number of hydrogen-bond acceptors (Lipinski definition) is 3. The summed E-state index contributed by atoms with van der Waals surface area (Å²) in [5.41, 5.74) is 1.61. The van der Waals surface area contributed by atoms with Crippen LogP contribution < -0.4 is 0 Å². The van der Waals surface area contributed by atoms with Crippen LogP contribution in [-0.2, 0) is 15.4 Å². The summed E-state index contributed by atoms with van der Waals surface area (Å²) < 4.78 is 27.3. The number of sulfonamides is 1. The topological polar surface area (TPSA) is 57.7 Å². The van der Waals surface area contributed by atoms with Crippen molar-refractivity contribution in [3.8, 4) is 0 Å². The molecule has 0 atom stereocenters. The van der Waals surface area contributed by atoms with Gasteiger partial charge in [-0.1, -0.05) is 44.5 Å². The van der Waals surface area contributed by atoms with E-state index >= 15 is 0 Å². The van der Waals surface area contributed by atoms with Gasteiger partial charge in [-0.25, -0.2) is 8.42 Å². The molecule has 2 aromatic rings. The molecule has 2 aromatic carbocycles. The van der Waals surface area contributed by atoms with Crippen molar-refractivity contribution in [2.45, 2.75) is 31.1 Å². The molecule has 1 fully saturated rings. The quantitative estimate of drug-likeness (QED) is 0.759. The van der Waals surface area contributed by atoms with Crippen LogP contribution in [-0.4, -0.2) is 49.7 Å². The average molecular weight is 421 g/mol. The van der Waals surface area contributed by atoms with Crippen LogP contribution >= 0.6 is 11.6 Å². The van der Waals surface area contributed by atoms with E-state index in [1.165, 1.54) is 4.31 Å². The van der Waals surface area contributed by atoms with E-state index in [2.05, 4.69) is 20.8 Å². The molecule has 0 bridgehead atoms. The minimum absolute atomic E-state index is 0.0318. The highest BCUT2D eigenvalue weighted by molar-refractivity contribution is 7.89. The minimum Gasteiger partial charge on any atom is -0.336 e. The Balaban J connectivity index is 1.68. The van der Waals surface area contributed by atoms with E-state index in [1.807, 2.05) is 12.1 Å². The molecule has 0 radical (unpaired) electrons. The van der Waals surface area contributed by atoms with Gasteiger partial charge in [0.25, 0.3) is 5.91 Å². The summed E-state index contributed by atoms with van der Waals surface area (Å²) in [4.78, 5) is 14.6. The van der Waals surface area contributed by atoms with Crippen molar-refractivity contribution in [1.82, 2.24) is 9.21 Å². The minimum atomic E-state index is -3.57. The molecule has 1 saturated heterocycles. The Kier molecular flexibility index (Phi) is 5.84. The lowest BCUT2D eigenvalue weighted by molar-refractivity contribution is 0.0698. The molecule has 5 nitrogen and oxygen atoms in total. The monoisotopic (exact) mass is 420 g/mol. The van der Waals surface area contributed by atoms with Crippen molar-refractivity contribution in [2.24, 2.45) is 0 Å². The highest BCUT2D eigenvalue weighted by Gasteiger charge is 2.30. The fourth-order valence-corrected chi connectivity index (χ4v) is 4.73. The maximum atomic E-state index is 12.9. The largest absolute Gasteiger partial charge is 0.336 e. The number of rotatable bonds is 3. The highest BCUT2D eigenvalue weighted by Crippen LogP contribution is 2.25. The summed E-state index contributed by atoms with van der Waals surface area (Å²) in [5.74, 6) is -0.108. The van der Waals surface area contributed by atoms with Crippen LogP contribution in [0.4, 0.5) is 0 Å². The van der Waals surface area contributed by atoms with Crippen LogP contribution in [0.2, 0.25) is 5.02 Å². The molecule has 1 heterocycles. The maximum Gasteiger partial charge on any atom is 0.253 e. The van der Waals surface area contributed by atoms with Gasteiger partial charge in [0.2, 0.25) is 10.0 Å². The van der Waals surface area contributed by atoms with Gasteiger partial charge in [0.1, 0.15) is 0 Å². The van der Waals surface area contributed by atoms with Crippen molar-refractivity contribution < 1.29 is 13.2 Å².